The highest BCUT2D eigenvalue weighted by Gasteiger charge is 2.21. The number of aryl methyl sites for hydroxylation is 2. The molecule has 0 saturated carbocycles. The quantitative estimate of drug-likeness (QED) is 0.654. The molecule has 9 nitrogen and oxygen atoms in total. The molecule has 2 rings (SSSR count). The second-order valence-corrected chi connectivity index (χ2v) is 5.97. The second kappa shape index (κ2) is 8.11. The minimum atomic E-state index is -0.579. The SMILES string of the molecule is CCCCn1c(=O)n(CCC(N)=O)c(=O)c2c1nc(CO)n2CCC. The highest BCUT2D eigenvalue weighted by atomic mass is 16.3. The first-order valence-electron chi connectivity index (χ1n) is 8.58. The van der Waals surface area contributed by atoms with E-state index < -0.39 is 17.2 Å². The Morgan fingerprint density at radius 3 is 2.36 bits per heavy atom. The van der Waals surface area contributed by atoms with Crippen molar-refractivity contribution in [3.8, 4) is 0 Å². The van der Waals surface area contributed by atoms with Crippen molar-refractivity contribution in [1.82, 2.24) is 18.7 Å². The smallest absolute Gasteiger partial charge is 0.332 e. The molecule has 0 saturated heterocycles. The molecule has 0 radical (unpaired) electrons. The molecular formula is C16H25N5O4. The number of primary amides is 1. The van der Waals surface area contributed by atoms with Crippen molar-refractivity contribution in [3.05, 3.63) is 26.7 Å². The zero-order chi connectivity index (χ0) is 18.6. The summed E-state index contributed by atoms with van der Waals surface area (Å²) in [6, 6.07) is 0. The van der Waals surface area contributed by atoms with Crippen LogP contribution in [0.3, 0.4) is 0 Å². The Morgan fingerprint density at radius 1 is 1.08 bits per heavy atom. The van der Waals surface area contributed by atoms with Crippen molar-refractivity contribution in [2.45, 2.75) is 65.8 Å². The van der Waals surface area contributed by atoms with Gasteiger partial charge in [-0.15, -0.1) is 0 Å². The van der Waals surface area contributed by atoms with E-state index in [0.717, 1.165) is 23.8 Å². The molecule has 0 aromatic carbocycles. The molecule has 0 bridgehead atoms. The molecule has 0 spiro atoms. The molecule has 0 atom stereocenters. The molecule has 0 fully saturated rings. The van der Waals surface area contributed by atoms with E-state index >= 15 is 0 Å². The number of hydrogen-bond donors (Lipinski definition) is 2. The normalized spacial score (nSPS) is 11.3. The van der Waals surface area contributed by atoms with Crippen LogP contribution in [0.15, 0.2) is 9.59 Å². The molecule has 0 aliphatic rings. The Morgan fingerprint density at radius 2 is 1.80 bits per heavy atom. The zero-order valence-corrected chi connectivity index (χ0v) is 14.7. The summed E-state index contributed by atoms with van der Waals surface area (Å²) in [5.74, 6) is -0.226. The number of fused-ring (bicyclic) bond motifs is 1. The number of imidazole rings is 1. The Balaban J connectivity index is 2.80. The summed E-state index contributed by atoms with van der Waals surface area (Å²) in [7, 11) is 0. The zero-order valence-electron chi connectivity index (χ0n) is 14.7. The van der Waals surface area contributed by atoms with E-state index in [9.17, 15) is 19.5 Å². The van der Waals surface area contributed by atoms with Crippen LogP contribution in [0.4, 0.5) is 0 Å². The van der Waals surface area contributed by atoms with Crippen molar-refractivity contribution in [1.29, 1.82) is 0 Å². The molecule has 2 heterocycles. The van der Waals surface area contributed by atoms with E-state index in [1.165, 1.54) is 4.57 Å². The molecule has 9 heteroatoms. The summed E-state index contributed by atoms with van der Waals surface area (Å²) in [6.45, 7) is 4.48. The highest BCUT2D eigenvalue weighted by Crippen LogP contribution is 2.13. The maximum absolute atomic E-state index is 12.9. The topological polar surface area (TPSA) is 125 Å². The minimum absolute atomic E-state index is 0.0686. The van der Waals surface area contributed by atoms with Gasteiger partial charge in [0.2, 0.25) is 5.91 Å². The van der Waals surface area contributed by atoms with Gasteiger partial charge in [-0.05, 0) is 12.8 Å². The summed E-state index contributed by atoms with van der Waals surface area (Å²) in [4.78, 5) is 41.0. The number of rotatable bonds is 9. The lowest BCUT2D eigenvalue weighted by Gasteiger charge is -2.12. The Hall–Kier alpha value is -2.42. The fraction of sp³-hybridized carbons (Fsp3) is 0.625. The van der Waals surface area contributed by atoms with Crippen LogP contribution in [0.25, 0.3) is 11.2 Å². The van der Waals surface area contributed by atoms with Crippen molar-refractivity contribution < 1.29 is 9.90 Å². The van der Waals surface area contributed by atoms with Gasteiger partial charge in [-0.3, -0.25) is 18.7 Å². The number of aromatic nitrogens is 4. The highest BCUT2D eigenvalue weighted by molar-refractivity contribution is 5.74. The number of carbonyl (C=O) groups is 1. The van der Waals surface area contributed by atoms with Gasteiger partial charge in [-0.25, -0.2) is 9.78 Å². The van der Waals surface area contributed by atoms with Gasteiger partial charge >= 0.3 is 5.69 Å². The number of hydrogen-bond acceptors (Lipinski definition) is 5. The molecular weight excluding hydrogens is 326 g/mol. The number of nitrogens with zero attached hydrogens (tertiary/aromatic N) is 4. The molecule has 2 aromatic rings. The number of amides is 1. The van der Waals surface area contributed by atoms with Crippen LogP contribution in [0.5, 0.6) is 0 Å². The molecule has 0 aliphatic carbocycles. The summed E-state index contributed by atoms with van der Waals surface area (Å²) in [5, 5.41) is 9.58. The summed E-state index contributed by atoms with van der Waals surface area (Å²) < 4.78 is 4.14. The number of unbranched alkanes of at least 4 members (excludes halogenated alkanes) is 1. The fourth-order valence-corrected chi connectivity index (χ4v) is 2.86. The third-order valence-electron chi connectivity index (χ3n) is 4.10. The lowest BCUT2D eigenvalue weighted by molar-refractivity contribution is -0.118. The predicted octanol–water partition coefficient (Wildman–Crippen LogP) is -0.0625. The van der Waals surface area contributed by atoms with Crippen LogP contribution in [0, 0.1) is 0 Å². The largest absolute Gasteiger partial charge is 0.388 e. The molecule has 138 valence electrons. The molecule has 1 amide bonds. The molecule has 3 N–H and O–H groups in total. The van der Waals surface area contributed by atoms with E-state index in [4.69, 9.17) is 5.73 Å². The van der Waals surface area contributed by atoms with Gasteiger partial charge < -0.3 is 15.4 Å². The van der Waals surface area contributed by atoms with E-state index in [2.05, 4.69) is 4.98 Å². The molecule has 0 aliphatic heterocycles. The van der Waals surface area contributed by atoms with Crippen molar-refractivity contribution in [2.75, 3.05) is 0 Å². The summed E-state index contributed by atoms with van der Waals surface area (Å²) >= 11 is 0. The van der Waals surface area contributed by atoms with Crippen LogP contribution < -0.4 is 17.0 Å². The van der Waals surface area contributed by atoms with Gasteiger partial charge in [0.25, 0.3) is 5.56 Å². The van der Waals surface area contributed by atoms with Gasteiger partial charge in [0.05, 0.1) is 0 Å². The maximum Gasteiger partial charge on any atom is 0.332 e. The van der Waals surface area contributed by atoms with Gasteiger partial charge in [0, 0.05) is 26.1 Å². The number of nitrogens with two attached hydrogens (primary N) is 1. The molecule has 2 aromatic heterocycles. The number of aliphatic hydroxyl groups is 1. The Kier molecular flexibility index (Phi) is 6.13. The maximum atomic E-state index is 12.9. The first-order valence-corrected chi connectivity index (χ1v) is 8.58. The van der Waals surface area contributed by atoms with Gasteiger partial charge in [0.15, 0.2) is 11.2 Å². The van der Waals surface area contributed by atoms with Crippen molar-refractivity contribution in [3.63, 3.8) is 0 Å². The molecule has 25 heavy (non-hydrogen) atoms. The van der Waals surface area contributed by atoms with Crippen LogP contribution in [-0.2, 0) is 31.0 Å². The van der Waals surface area contributed by atoms with E-state index in [-0.39, 0.29) is 30.7 Å². The van der Waals surface area contributed by atoms with Gasteiger partial charge in [-0.2, -0.15) is 0 Å². The Labute approximate surface area is 144 Å². The minimum Gasteiger partial charge on any atom is -0.388 e. The van der Waals surface area contributed by atoms with Crippen molar-refractivity contribution in [2.24, 2.45) is 5.73 Å². The predicted molar refractivity (Wildman–Crippen MR) is 93.2 cm³/mol. The third-order valence-corrected chi connectivity index (χ3v) is 4.10. The summed E-state index contributed by atoms with van der Waals surface area (Å²) in [5.41, 5.74) is 4.73. The monoisotopic (exact) mass is 351 g/mol. The number of aliphatic hydroxyl groups excluding tert-OH is 1. The van der Waals surface area contributed by atoms with Crippen LogP contribution in [0.2, 0.25) is 0 Å². The van der Waals surface area contributed by atoms with Crippen LogP contribution >= 0.6 is 0 Å². The lowest BCUT2D eigenvalue weighted by Crippen LogP contribution is -2.41. The molecule has 0 unspecified atom stereocenters. The lowest BCUT2D eigenvalue weighted by atomic mass is 10.3. The van der Waals surface area contributed by atoms with Gasteiger partial charge in [-0.1, -0.05) is 20.3 Å². The standard InChI is InChI=1S/C16H25N5O4/c1-3-5-8-20-14-13(19(7-4-2)12(10-22)18-14)15(24)21(16(20)25)9-6-11(17)23/h22H,3-10H2,1-2H3,(H2,17,23). The fourth-order valence-electron chi connectivity index (χ4n) is 2.86. The first-order chi connectivity index (χ1) is 12.0. The average molecular weight is 351 g/mol. The number of carbonyl (C=O) groups excluding carboxylic acids is 1. The van der Waals surface area contributed by atoms with E-state index in [0.29, 0.717) is 18.9 Å². The second-order valence-electron chi connectivity index (χ2n) is 5.97. The van der Waals surface area contributed by atoms with E-state index in [1.807, 2.05) is 13.8 Å². The first kappa shape index (κ1) is 18.9. The van der Waals surface area contributed by atoms with Crippen molar-refractivity contribution >= 4 is 17.1 Å². The van der Waals surface area contributed by atoms with Crippen LogP contribution in [0.1, 0.15) is 45.4 Å². The summed E-state index contributed by atoms with van der Waals surface area (Å²) in [6.07, 6.45) is 2.27. The Bertz CT molecular complexity index is 877. The van der Waals surface area contributed by atoms with Gasteiger partial charge in [0.1, 0.15) is 12.4 Å². The van der Waals surface area contributed by atoms with Crippen LogP contribution in [-0.4, -0.2) is 29.7 Å². The average Bonchev–Trinajstić information content (AvgIpc) is 2.93. The van der Waals surface area contributed by atoms with E-state index in [1.54, 1.807) is 4.57 Å². The third kappa shape index (κ3) is 3.65.